The summed E-state index contributed by atoms with van der Waals surface area (Å²) in [6.45, 7) is 4.03. The number of carbonyl (C=O) groups excluding carboxylic acids is 1. The number of carbonyl (C=O) groups is 1. The molecule has 1 rings (SSSR count). The number of nitrogens with zero attached hydrogens (tertiary/aromatic N) is 1. The van der Waals surface area contributed by atoms with E-state index in [2.05, 4.69) is 4.74 Å². The average Bonchev–Trinajstić information content (AvgIpc) is 2.38. The number of ether oxygens (including phenoxy) is 3. The van der Waals surface area contributed by atoms with Gasteiger partial charge in [-0.1, -0.05) is 0 Å². The summed E-state index contributed by atoms with van der Waals surface area (Å²) < 4.78 is 15.0. The fraction of sp³-hybridized carbons (Fsp3) is 0.417. The molecule has 0 spiro atoms. The SMILES string of the molecule is CCOc1cc(OCC)c([N+](=O)[O-])cc1C(=O)OC. The van der Waals surface area contributed by atoms with Crippen molar-refractivity contribution in [2.24, 2.45) is 0 Å². The molecule has 0 unspecified atom stereocenters. The second kappa shape index (κ2) is 6.58. The summed E-state index contributed by atoms with van der Waals surface area (Å²) in [6, 6.07) is 2.43. The highest BCUT2D eigenvalue weighted by atomic mass is 16.6. The van der Waals surface area contributed by atoms with Gasteiger partial charge in [0.2, 0.25) is 5.75 Å². The van der Waals surface area contributed by atoms with E-state index in [1.54, 1.807) is 13.8 Å². The van der Waals surface area contributed by atoms with Crippen LogP contribution in [0.5, 0.6) is 11.5 Å². The van der Waals surface area contributed by atoms with Crippen LogP contribution >= 0.6 is 0 Å². The van der Waals surface area contributed by atoms with Crippen molar-refractivity contribution >= 4 is 11.7 Å². The molecule has 0 aliphatic heterocycles. The highest BCUT2D eigenvalue weighted by Gasteiger charge is 2.24. The van der Waals surface area contributed by atoms with Gasteiger partial charge in [-0.25, -0.2) is 4.79 Å². The Morgan fingerprint density at radius 1 is 1.21 bits per heavy atom. The molecule has 0 fully saturated rings. The number of rotatable bonds is 6. The van der Waals surface area contributed by atoms with Gasteiger partial charge in [-0.2, -0.15) is 0 Å². The Labute approximate surface area is 110 Å². The highest BCUT2D eigenvalue weighted by molar-refractivity contribution is 5.93. The summed E-state index contributed by atoms with van der Waals surface area (Å²) in [5.74, 6) is -0.443. The molecule has 1 aromatic carbocycles. The third-order valence-corrected chi connectivity index (χ3v) is 2.26. The largest absolute Gasteiger partial charge is 0.493 e. The Bertz CT molecular complexity index is 485. The van der Waals surface area contributed by atoms with Crippen LogP contribution in [0.1, 0.15) is 24.2 Å². The Morgan fingerprint density at radius 2 is 1.79 bits per heavy atom. The third kappa shape index (κ3) is 3.34. The van der Waals surface area contributed by atoms with E-state index in [1.165, 1.54) is 13.2 Å². The van der Waals surface area contributed by atoms with Gasteiger partial charge in [0.1, 0.15) is 11.3 Å². The lowest BCUT2D eigenvalue weighted by Gasteiger charge is -2.11. The van der Waals surface area contributed by atoms with Gasteiger partial charge in [-0.3, -0.25) is 10.1 Å². The van der Waals surface area contributed by atoms with E-state index in [9.17, 15) is 14.9 Å². The van der Waals surface area contributed by atoms with Crippen LogP contribution in [-0.4, -0.2) is 31.2 Å². The second-order valence-corrected chi connectivity index (χ2v) is 3.43. The molecule has 7 heteroatoms. The van der Waals surface area contributed by atoms with Gasteiger partial charge in [0.25, 0.3) is 0 Å². The van der Waals surface area contributed by atoms with Gasteiger partial charge < -0.3 is 14.2 Å². The summed E-state index contributed by atoms with van der Waals surface area (Å²) in [4.78, 5) is 21.9. The molecular formula is C12H15NO6. The van der Waals surface area contributed by atoms with E-state index in [0.29, 0.717) is 6.61 Å². The molecule has 0 saturated heterocycles. The molecule has 0 saturated carbocycles. The predicted octanol–water partition coefficient (Wildman–Crippen LogP) is 2.18. The third-order valence-electron chi connectivity index (χ3n) is 2.26. The maximum atomic E-state index is 11.6. The first-order valence-corrected chi connectivity index (χ1v) is 5.71. The van der Waals surface area contributed by atoms with Crippen molar-refractivity contribution < 1.29 is 23.9 Å². The molecule has 19 heavy (non-hydrogen) atoms. The molecule has 0 aromatic heterocycles. The van der Waals surface area contributed by atoms with Crippen LogP contribution < -0.4 is 9.47 Å². The van der Waals surface area contributed by atoms with E-state index in [1.807, 2.05) is 0 Å². The molecule has 0 amide bonds. The lowest BCUT2D eigenvalue weighted by molar-refractivity contribution is -0.385. The lowest BCUT2D eigenvalue weighted by Crippen LogP contribution is -2.08. The number of benzene rings is 1. The monoisotopic (exact) mass is 269 g/mol. The first kappa shape index (κ1) is 14.7. The molecule has 0 N–H and O–H groups in total. The molecule has 1 aromatic rings. The first-order chi connectivity index (χ1) is 9.04. The van der Waals surface area contributed by atoms with Gasteiger partial charge in [-0.05, 0) is 13.8 Å². The predicted molar refractivity (Wildman–Crippen MR) is 66.8 cm³/mol. The molecule has 0 bridgehead atoms. The van der Waals surface area contributed by atoms with Crippen LogP contribution in [0.15, 0.2) is 12.1 Å². The number of methoxy groups -OCH3 is 1. The van der Waals surface area contributed by atoms with Crippen LogP contribution in [0, 0.1) is 10.1 Å². The van der Waals surface area contributed by atoms with Crippen molar-refractivity contribution in [1.82, 2.24) is 0 Å². The molecule has 0 atom stereocenters. The van der Waals surface area contributed by atoms with Crippen molar-refractivity contribution in [1.29, 1.82) is 0 Å². The molecule has 0 heterocycles. The zero-order valence-corrected chi connectivity index (χ0v) is 11.0. The quantitative estimate of drug-likeness (QED) is 0.447. The topological polar surface area (TPSA) is 87.9 Å². The Kier molecular flexibility index (Phi) is 5.11. The number of esters is 1. The molecule has 0 aliphatic carbocycles. The summed E-state index contributed by atoms with van der Waals surface area (Å²) in [6.07, 6.45) is 0. The molecule has 104 valence electrons. The van der Waals surface area contributed by atoms with Crippen molar-refractivity contribution in [3.05, 3.63) is 27.8 Å². The van der Waals surface area contributed by atoms with E-state index in [0.717, 1.165) is 6.07 Å². The number of hydrogen-bond donors (Lipinski definition) is 0. The molecular weight excluding hydrogens is 254 g/mol. The Morgan fingerprint density at radius 3 is 2.26 bits per heavy atom. The minimum absolute atomic E-state index is 0.000460. The van der Waals surface area contributed by atoms with E-state index in [4.69, 9.17) is 9.47 Å². The van der Waals surface area contributed by atoms with E-state index < -0.39 is 10.9 Å². The van der Waals surface area contributed by atoms with Gasteiger partial charge >= 0.3 is 11.7 Å². The smallest absolute Gasteiger partial charge is 0.341 e. The van der Waals surface area contributed by atoms with Crippen LogP contribution in [0.3, 0.4) is 0 Å². The fourth-order valence-corrected chi connectivity index (χ4v) is 1.51. The fourth-order valence-electron chi connectivity index (χ4n) is 1.51. The maximum Gasteiger partial charge on any atom is 0.341 e. The van der Waals surface area contributed by atoms with Crippen LogP contribution in [-0.2, 0) is 4.74 Å². The standard InChI is InChI=1S/C12H15NO6/c1-4-18-10-7-11(19-5-2)9(13(15)16)6-8(10)12(14)17-3/h6-7H,4-5H2,1-3H3. The molecule has 0 aliphatic rings. The summed E-state index contributed by atoms with van der Waals surface area (Å²) in [7, 11) is 1.19. The second-order valence-electron chi connectivity index (χ2n) is 3.43. The summed E-state index contributed by atoms with van der Waals surface area (Å²) in [5, 5.41) is 11.0. The van der Waals surface area contributed by atoms with Crippen LogP contribution in [0.2, 0.25) is 0 Å². The van der Waals surface area contributed by atoms with Gasteiger partial charge in [0, 0.05) is 12.1 Å². The molecule has 7 nitrogen and oxygen atoms in total. The van der Waals surface area contributed by atoms with Crippen molar-refractivity contribution in [2.45, 2.75) is 13.8 Å². The van der Waals surface area contributed by atoms with Crippen molar-refractivity contribution in [2.75, 3.05) is 20.3 Å². The zero-order valence-electron chi connectivity index (χ0n) is 11.0. The van der Waals surface area contributed by atoms with Crippen LogP contribution in [0.25, 0.3) is 0 Å². The van der Waals surface area contributed by atoms with Crippen molar-refractivity contribution in [3.8, 4) is 11.5 Å². The lowest BCUT2D eigenvalue weighted by atomic mass is 10.1. The summed E-state index contributed by atoms with van der Waals surface area (Å²) in [5.41, 5.74) is -0.301. The van der Waals surface area contributed by atoms with Crippen LogP contribution in [0.4, 0.5) is 5.69 Å². The number of nitro groups is 1. The Balaban J connectivity index is 3.40. The van der Waals surface area contributed by atoms with Gasteiger partial charge in [-0.15, -0.1) is 0 Å². The molecule has 0 radical (unpaired) electrons. The normalized spacial score (nSPS) is 9.84. The van der Waals surface area contributed by atoms with Gasteiger partial charge in [0.05, 0.1) is 25.2 Å². The van der Waals surface area contributed by atoms with Crippen molar-refractivity contribution in [3.63, 3.8) is 0 Å². The maximum absolute atomic E-state index is 11.6. The van der Waals surface area contributed by atoms with E-state index in [-0.39, 0.29) is 29.4 Å². The van der Waals surface area contributed by atoms with E-state index >= 15 is 0 Å². The number of hydrogen-bond acceptors (Lipinski definition) is 6. The minimum Gasteiger partial charge on any atom is -0.493 e. The first-order valence-electron chi connectivity index (χ1n) is 5.71. The zero-order chi connectivity index (χ0) is 14.4. The average molecular weight is 269 g/mol. The number of nitro benzene ring substituents is 1. The van der Waals surface area contributed by atoms with Gasteiger partial charge in [0.15, 0.2) is 0 Å². The highest BCUT2D eigenvalue weighted by Crippen LogP contribution is 2.35. The summed E-state index contributed by atoms with van der Waals surface area (Å²) >= 11 is 0. The Hall–Kier alpha value is -2.31. The minimum atomic E-state index is -0.699.